The van der Waals surface area contributed by atoms with Crippen LogP contribution in [0.2, 0.25) is 5.02 Å². The fourth-order valence-corrected chi connectivity index (χ4v) is 2.89. The molecule has 1 aromatic heterocycles. The molecule has 0 saturated carbocycles. The summed E-state index contributed by atoms with van der Waals surface area (Å²) in [6, 6.07) is 17.0. The molecule has 0 aliphatic heterocycles. The number of para-hydroxylation sites is 1. The summed E-state index contributed by atoms with van der Waals surface area (Å²) in [6.07, 6.45) is 1.57. The third-order valence-corrected chi connectivity index (χ3v) is 4.48. The van der Waals surface area contributed by atoms with Gasteiger partial charge >= 0.3 is 0 Å². The lowest BCUT2D eigenvalue weighted by Gasteiger charge is -2.13. The molecule has 3 aromatic rings. The van der Waals surface area contributed by atoms with Crippen LogP contribution in [0.5, 0.6) is 0 Å². The summed E-state index contributed by atoms with van der Waals surface area (Å²) < 4.78 is 0. The standard InChI is InChI=1S/C21H21ClN4O/c1-14(2)16-8-4-6-10-18(16)25-21-23-12-11-19(26-21)20(27)24-13-15-7-3-5-9-17(15)22/h3-12,14H,13H2,1-2H3,(H,24,27)(H,23,25,26). The molecule has 3 rings (SSSR count). The Morgan fingerprint density at radius 3 is 2.59 bits per heavy atom. The lowest BCUT2D eigenvalue weighted by Crippen LogP contribution is -2.24. The summed E-state index contributed by atoms with van der Waals surface area (Å²) in [5, 5.41) is 6.66. The molecule has 0 bridgehead atoms. The molecule has 0 fully saturated rings. The van der Waals surface area contributed by atoms with Crippen molar-refractivity contribution in [2.45, 2.75) is 26.3 Å². The number of amides is 1. The minimum absolute atomic E-state index is 0.280. The van der Waals surface area contributed by atoms with E-state index in [1.54, 1.807) is 18.3 Å². The van der Waals surface area contributed by atoms with Crippen molar-refractivity contribution in [3.63, 3.8) is 0 Å². The molecular weight excluding hydrogens is 360 g/mol. The lowest BCUT2D eigenvalue weighted by molar-refractivity contribution is 0.0946. The number of anilines is 2. The van der Waals surface area contributed by atoms with E-state index in [1.807, 2.05) is 36.4 Å². The number of aromatic nitrogens is 2. The van der Waals surface area contributed by atoms with Gasteiger partial charge in [0.2, 0.25) is 5.95 Å². The van der Waals surface area contributed by atoms with Crippen molar-refractivity contribution < 1.29 is 4.79 Å². The third kappa shape index (κ3) is 4.83. The normalized spacial score (nSPS) is 10.7. The van der Waals surface area contributed by atoms with Crippen LogP contribution < -0.4 is 10.6 Å². The van der Waals surface area contributed by atoms with Gasteiger partial charge in [-0.1, -0.05) is 61.8 Å². The summed E-state index contributed by atoms with van der Waals surface area (Å²) in [6.45, 7) is 4.58. The van der Waals surface area contributed by atoms with Crippen molar-refractivity contribution in [2.75, 3.05) is 5.32 Å². The first kappa shape index (κ1) is 18.9. The van der Waals surface area contributed by atoms with E-state index < -0.39 is 0 Å². The Labute approximate surface area is 163 Å². The van der Waals surface area contributed by atoms with E-state index >= 15 is 0 Å². The Bertz CT molecular complexity index is 943. The highest BCUT2D eigenvalue weighted by Gasteiger charge is 2.11. The van der Waals surface area contributed by atoms with Gasteiger partial charge in [0, 0.05) is 23.5 Å². The molecule has 0 spiro atoms. The maximum absolute atomic E-state index is 12.4. The van der Waals surface area contributed by atoms with Gasteiger partial charge in [0.1, 0.15) is 5.69 Å². The largest absolute Gasteiger partial charge is 0.347 e. The number of halogens is 1. The number of benzene rings is 2. The van der Waals surface area contributed by atoms with E-state index in [9.17, 15) is 4.79 Å². The van der Waals surface area contributed by atoms with Crippen molar-refractivity contribution in [3.05, 3.63) is 82.6 Å². The quantitative estimate of drug-likeness (QED) is 0.636. The molecule has 2 N–H and O–H groups in total. The number of hydrogen-bond acceptors (Lipinski definition) is 4. The zero-order valence-corrected chi connectivity index (χ0v) is 16.0. The van der Waals surface area contributed by atoms with Crippen LogP contribution in [0.25, 0.3) is 0 Å². The van der Waals surface area contributed by atoms with Gasteiger partial charge in [-0.25, -0.2) is 9.97 Å². The molecule has 1 amide bonds. The maximum Gasteiger partial charge on any atom is 0.270 e. The van der Waals surface area contributed by atoms with Crippen molar-refractivity contribution in [1.82, 2.24) is 15.3 Å². The smallest absolute Gasteiger partial charge is 0.270 e. The second-order valence-electron chi connectivity index (χ2n) is 6.41. The molecule has 0 unspecified atom stereocenters. The van der Waals surface area contributed by atoms with Crippen LogP contribution in [0.3, 0.4) is 0 Å². The zero-order chi connectivity index (χ0) is 19.2. The average Bonchev–Trinajstić information content (AvgIpc) is 2.67. The van der Waals surface area contributed by atoms with Gasteiger partial charge in [-0.3, -0.25) is 4.79 Å². The predicted octanol–water partition coefficient (Wildman–Crippen LogP) is 4.93. The molecular formula is C21H21ClN4O. The van der Waals surface area contributed by atoms with Gasteiger partial charge in [0.15, 0.2) is 0 Å². The molecule has 0 saturated heterocycles. The Balaban J connectivity index is 1.72. The molecule has 138 valence electrons. The molecule has 0 atom stereocenters. The first-order valence-electron chi connectivity index (χ1n) is 8.75. The second-order valence-corrected chi connectivity index (χ2v) is 6.81. The predicted molar refractivity (Wildman–Crippen MR) is 108 cm³/mol. The third-order valence-electron chi connectivity index (χ3n) is 4.11. The number of nitrogens with one attached hydrogen (secondary N) is 2. The molecule has 0 aliphatic carbocycles. The Hall–Kier alpha value is -2.92. The highest BCUT2D eigenvalue weighted by molar-refractivity contribution is 6.31. The van der Waals surface area contributed by atoms with Crippen molar-refractivity contribution in [1.29, 1.82) is 0 Å². The molecule has 0 radical (unpaired) electrons. The molecule has 6 heteroatoms. The van der Waals surface area contributed by atoms with Crippen molar-refractivity contribution in [2.24, 2.45) is 0 Å². The van der Waals surface area contributed by atoms with Gasteiger partial charge in [-0.15, -0.1) is 0 Å². The van der Waals surface area contributed by atoms with Crippen molar-refractivity contribution >= 4 is 29.1 Å². The first-order valence-corrected chi connectivity index (χ1v) is 9.13. The van der Waals surface area contributed by atoms with Gasteiger partial charge in [0.25, 0.3) is 5.91 Å². The van der Waals surface area contributed by atoms with Gasteiger partial charge in [-0.05, 0) is 35.2 Å². The highest BCUT2D eigenvalue weighted by Crippen LogP contribution is 2.25. The molecule has 1 heterocycles. The van der Waals surface area contributed by atoms with Gasteiger partial charge in [0.05, 0.1) is 0 Å². The minimum atomic E-state index is -0.280. The van der Waals surface area contributed by atoms with Crippen molar-refractivity contribution in [3.8, 4) is 0 Å². The maximum atomic E-state index is 12.4. The summed E-state index contributed by atoms with van der Waals surface area (Å²) in [4.78, 5) is 21.0. The van der Waals surface area contributed by atoms with Crippen LogP contribution in [-0.2, 0) is 6.54 Å². The number of nitrogens with zero attached hydrogens (tertiary/aromatic N) is 2. The monoisotopic (exact) mass is 380 g/mol. The molecule has 27 heavy (non-hydrogen) atoms. The van der Waals surface area contributed by atoms with E-state index in [-0.39, 0.29) is 5.91 Å². The van der Waals surface area contributed by atoms with E-state index in [0.29, 0.717) is 29.1 Å². The Kier molecular flexibility index (Phi) is 6.04. The summed E-state index contributed by atoms with van der Waals surface area (Å²) in [7, 11) is 0. The van der Waals surface area contributed by atoms with Gasteiger partial charge in [-0.2, -0.15) is 0 Å². The number of rotatable bonds is 6. The fraction of sp³-hybridized carbons (Fsp3) is 0.190. The van der Waals surface area contributed by atoms with E-state index in [2.05, 4.69) is 40.5 Å². The summed E-state index contributed by atoms with van der Waals surface area (Å²) in [5.41, 5.74) is 3.24. The number of hydrogen-bond donors (Lipinski definition) is 2. The van der Waals surface area contributed by atoms with Crippen LogP contribution in [0.4, 0.5) is 11.6 Å². The fourth-order valence-electron chi connectivity index (χ4n) is 2.69. The van der Waals surface area contributed by atoms with Crippen LogP contribution >= 0.6 is 11.6 Å². The summed E-state index contributed by atoms with van der Waals surface area (Å²) >= 11 is 6.12. The second kappa shape index (κ2) is 8.64. The lowest BCUT2D eigenvalue weighted by atomic mass is 10.0. The number of carbonyl (C=O) groups excluding carboxylic acids is 1. The minimum Gasteiger partial charge on any atom is -0.347 e. The summed E-state index contributed by atoms with van der Waals surface area (Å²) in [5.74, 6) is 0.460. The van der Waals surface area contributed by atoms with Crippen LogP contribution in [0, 0.1) is 0 Å². The van der Waals surface area contributed by atoms with E-state index in [1.165, 1.54) is 0 Å². The van der Waals surface area contributed by atoms with Crippen LogP contribution in [0.15, 0.2) is 60.8 Å². The molecule has 5 nitrogen and oxygen atoms in total. The van der Waals surface area contributed by atoms with Gasteiger partial charge < -0.3 is 10.6 Å². The Morgan fingerprint density at radius 2 is 1.81 bits per heavy atom. The topological polar surface area (TPSA) is 66.9 Å². The first-order chi connectivity index (χ1) is 13.0. The SMILES string of the molecule is CC(C)c1ccccc1Nc1nccc(C(=O)NCc2ccccc2Cl)n1. The van der Waals surface area contributed by atoms with E-state index in [4.69, 9.17) is 11.6 Å². The Morgan fingerprint density at radius 1 is 1.07 bits per heavy atom. The number of carbonyl (C=O) groups is 1. The molecule has 2 aromatic carbocycles. The van der Waals surface area contributed by atoms with Crippen LogP contribution in [-0.4, -0.2) is 15.9 Å². The highest BCUT2D eigenvalue weighted by atomic mass is 35.5. The zero-order valence-electron chi connectivity index (χ0n) is 15.2. The van der Waals surface area contributed by atoms with Crippen LogP contribution in [0.1, 0.15) is 41.4 Å². The molecule has 0 aliphatic rings. The van der Waals surface area contributed by atoms with E-state index in [0.717, 1.165) is 16.8 Å². The average molecular weight is 381 g/mol.